The smallest absolute Gasteiger partial charge is 0.315 e. The third kappa shape index (κ3) is 3.66. The van der Waals surface area contributed by atoms with Gasteiger partial charge in [0.05, 0.1) is 18.2 Å². The average molecular weight is 278 g/mol. The Labute approximate surface area is 116 Å². The summed E-state index contributed by atoms with van der Waals surface area (Å²) in [4.78, 5) is 30.9. The van der Waals surface area contributed by atoms with E-state index >= 15 is 0 Å². The first-order chi connectivity index (χ1) is 9.56. The fourth-order valence-corrected chi connectivity index (χ4v) is 2.42. The van der Waals surface area contributed by atoms with E-state index in [-0.39, 0.29) is 12.1 Å². The van der Waals surface area contributed by atoms with Crippen molar-refractivity contribution in [2.45, 2.75) is 38.8 Å². The number of nitrogens with one attached hydrogen (secondary N) is 2. The van der Waals surface area contributed by atoms with Crippen molar-refractivity contribution in [3.63, 3.8) is 0 Å². The first-order valence-electron chi connectivity index (χ1n) is 6.62. The summed E-state index contributed by atoms with van der Waals surface area (Å²) in [6.45, 7) is 2.07. The fraction of sp³-hybridized carbons (Fsp3) is 0.538. The molecule has 1 aromatic rings. The van der Waals surface area contributed by atoms with E-state index in [0.29, 0.717) is 30.9 Å². The number of hydrogen-bond donors (Lipinski definition) is 3. The zero-order valence-corrected chi connectivity index (χ0v) is 11.3. The van der Waals surface area contributed by atoms with Crippen LogP contribution in [0.25, 0.3) is 0 Å². The van der Waals surface area contributed by atoms with Gasteiger partial charge < -0.3 is 15.7 Å². The standard InChI is InChI=1S/C13H18N4O3/c1-8-14-6-5-9(16-8)7-15-13(20)17-11-4-2-3-10(11)12(18)19/h5-6,10-11H,2-4,7H2,1H3,(H,18,19)(H2,15,17,20). The van der Waals surface area contributed by atoms with Crippen molar-refractivity contribution < 1.29 is 14.7 Å². The summed E-state index contributed by atoms with van der Waals surface area (Å²) in [6.07, 6.45) is 3.78. The second kappa shape index (κ2) is 6.31. The molecule has 2 unspecified atom stereocenters. The third-order valence-corrected chi connectivity index (χ3v) is 3.41. The van der Waals surface area contributed by atoms with Crippen LogP contribution in [0.15, 0.2) is 12.3 Å². The molecule has 3 N–H and O–H groups in total. The molecule has 7 heteroatoms. The van der Waals surface area contributed by atoms with E-state index < -0.39 is 11.9 Å². The largest absolute Gasteiger partial charge is 0.481 e. The minimum absolute atomic E-state index is 0.291. The third-order valence-electron chi connectivity index (χ3n) is 3.41. The van der Waals surface area contributed by atoms with Crippen LogP contribution in [0, 0.1) is 12.8 Å². The number of carboxylic acids is 1. The molecule has 0 saturated heterocycles. The van der Waals surface area contributed by atoms with Crippen LogP contribution in [-0.4, -0.2) is 33.1 Å². The van der Waals surface area contributed by atoms with Crippen LogP contribution in [0.3, 0.4) is 0 Å². The highest BCUT2D eigenvalue weighted by Gasteiger charge is 2.33. The molecule has 20 heavy (non-hydrogen) atoms. The topological polar surface area (TPSA) is 104 Å². The molecule has 1 saturated carbocycles. The van der Waals surface area contributed by atoms with Gasteiger partial charge in [-0.05, 0) is 25.8 Å². The molecular formula is C13H18N4O3. The molecule has 0 bridgehead atoms. The number of hydrogen-bond acceptors (Lipinski definition) is 4. The second-order valence-electron chi connectivity index (χ2n) is 4.90. The highest BCUT2D eigenvalue weighted by atomic mass is 16.4. The van der Waals surface area contributed by atoms with Crippen LogP contribution in [-0.2, 0) is 11.3 Å². The van der Waals surface area contributed by atoms with Gasteiger partial charge in [-0.25, -0.2) is 14.8 Å². The van der Waals surface area contributed by atoms with Crippen molar-refractivity contribution in [2.24, 2.45) is 5.92 Å². The number of aryl methyl sites for hydroxylation is 1. The van der Waals surface area contributed by atoms with E-state index in [0.717, 1.165) is 6.42 Å². The number of amides is 2. The summed E-state index contributed by atoms with van der Waals surface area (Å²) >= 11 is 0. The molecule has 0 aromatic carbocycles. The lowest BCUT2D eigenvalue weighted by Crippen LogP contribution is -2.45. The predicted octanol–water partition coefficient (Wildman–Crippen LogP) is 0.838. The summed E-state index contributed by atoms with van der Waals surface area (Å²) in [5.74, 6) is -0.687. The molecule has 108 valence electrons. The van der Waals surface area contributed by atoms with Gasteiger partial charge in [0, 0.05) is 12.2 Å². The van der Waals surface area contributed by atoms with E-state index in [9.17, 15) is 9.59 Å². The van der Waals surface area contributed by atoms with Crippen molar-refractivity contribution in [3.05, 3.63) is 23.8 Å². The lowest BCUT2D eigenvalue weighted by atomic mass is 10.0. The Hall–Kier alpha value is -2.18. The van der Waals surface area contributed by atoms with Crippen molar-refractivity contribution in [2.75, 3.05) is 0 Å². The van der Waals surface area contributed by atoms with E-state index in [1.54, 1.807) is 19.2 Å². The number of urea groups is 1. The lowest BCUT2D eigenvalue weighted by Gasteiger charge is -2.17. The van der Waals surface area contributed by atoms with Crippen molar-refractivity contribution >= 4 is 12.0 Å². The molecule has 0 radical (unpaired) electrons. The summed E-state index contributed by atoms with van der Waals surface area (Å²) in [7, 11) is 0. The van der Waals surface area contributed by atoms with Crippen LogP contribution >= 0.6 is 0 Å². The normalized spacial score (nSPS) is 21.4. The minimum atomic E-state index is -0.848. The van der Waals surface area contributed by atoms with Gasteiger partial charge in [0.15, 0.2) is 0 Å². The molecule has 1 aliphatic carbocycles. The van der Waals surface area contributed by atoms with Crippen molar-refractivity contribution in [1.82, 2.24) is 20.6 Å². The number of rotatable bonds is 4. The quantitative estimate of drug-likeness (QED) is 0.757. The molecule has 1 aromatic heterocycles. The van der Waals surface area contributed by atoms with Crippen LogP contribution in [0.2, 0.25) is 0 Å². The highest BCUT2D eigenvalue weighted by Crippen LogP contribution is 2.25. The van der Waals surface area contributed by atoms with Crippen LogP contribution < -0.4 is 10.6 Å². The number of carbonyl (C=O) groups is 2. The van der Waals surface area contributed by atoms with Gasteiger partial charge in [-0.2, -0.15) is 0 Å². The second-order valence-corrected chi connectivity index (χ2v) is 4.90. The zero-order chi connectivity index (χ0) is 14.5. The first-order valence-corrected chi connectivity index (χ1v) is 6.62. The molecule has 2 rings (SSSR count). The van der Waals surface area contributed by atoms with Crippen LogP contribution in [0.1, 0.15) is 30.8 Å². The summed E-state index contributed by atoms with van der Waals surface area (Å²) in [5.41, 5.74) is 0.717. The highest BCUT2D eigenvalue weighted by molar-refractivity contribution is 5.76. The average Bonchev–Trinajstić information content (AvgIpc) is 2.85. The first kappa shape index (κ1) is 14.2. The summed E-state index contributed by atoms with van der Waals surface area (Å²) in [5, 5.41) is 14.4. The van der Waals surface area contributed by atoms with E-state index in [2.05, 4.69) is 20.6 Å². The molecular weight excluding hydrogens is 260 g/mol. The lowest BCUT2D eigenvalue weighted by molar-refractivity contribution is -0.142. The summed E-state index contributed by atoms with van der Waals surface area (Å²) in [6, 6.07) is 1.07. The maximum absolute atomic E-state index is 11.8. The number of aromatic nitrogens is 2. The Bertz CT molecular complexity index is 506. The number of carboxylic acid groups (broad SMARTS) is 1. The van der Waals surface area contributed by atoms with Crippen molar-refractivity contribution in [3.8, 4) is 0 Å². The monoisotopic (exact) mass is 278 g/mol. The van der Waals surface area contributed by atoms with E-state index in [1.165, 1.54) is 0 Å². The van der Waals surface area contributed by atoms with Crippen LogP contribution in [0.4, 0.5) is 4.79 Å². The molecule has 1 fully saturated rings. The molecule has 1 heterocycles. The van der Waals surface area contributed by atoms with Gasteiger partial charge in [0.1, 0.15) is 5.82 Å². The van der Waals surface area contributed by atoms with Gasteiger partial charge in [-0.1, -0.05) is 6.42 Å². The number of aliphatic carboxylic acids is 1. The predicted molar refractivity (Wildman–Crippen MR) is 70.9 cm³/mol. The number of carbonyl (C=O) groups excluding carboxylic acids is 1. The Morgan fingerprint density at radius 3 is 2.95 bits per heavy atom. The van der Waals surface area contributed by atoms with E-state index in [4.69, 9.17) is 5.11 Å². The Balaban J connectivity index is 1.82. The SMILES string of the molecule is Cc1nccc(CNC(=O)NC2CCCC2C(=O)O)n1. The van der Waals surface area contributed by atoms with Gasteiger partial charge in [-0.15, -0.1) is 0 Å². The number of nitrogens with zero attached hydrogens (tertiary/aromatic N) is 2. The molecule has 0 spiro atoms. The maximum atomic E-state index is 11.8. The molecule has 7 nitrogen and oxygen atoms in total. The fourth-order valence-electron chi connectivity index (χ4n) is 2.42. The van der Waals surface area contributed by atoms with Gasteiger partial charge in [0.2, 0.25) is 0 Å². The van der Waals surface area contributed by atoms with Gasteiger partial charge >= 0.3 is 12.0 Å². The van der Waals surface area contributed by atoms with Gasteiger partial charge in [0.25, 0.3) is 0 Å². The molecule has 0 aliphatic heterocycles. The van der Waals surface area contributed by atoms with E-state index in [1.807, 2.05) is 0 Å². The molecule has 2 atom stereocenters. The van der Waals surface area contributed by atoms with Crippen molar-refractivity contribution in [1.29, 1.82) is 0 Å². The Kier molecular flexibility index (Phi) is 4.49. The van der Waals surface area contributed by atoms with Gasteiger partial charge in [-0.3, -0.25) is 4.79 Å². The maximum Gasteiger partial charge on any atom is 0.315 e. The summed E-state index contributed by atoms with van der Waals surface area (Å²) < 4.78 is 0. The van der Waals surface area contributed by atoms with Crippen LogP contribution in [0.5, 0.6) is 0 Å². The Morgan fingerprint density at radius 1 is 1.45 bits per heavy atom. The molecule has 1 aliphatic rings. The minimum Gasteiger partial charge on any atom is -0.481 e. The Morgan fingerprint density at radius 2 is 2.25 bits per heavy atom. The zero-order valence-electron chi connectivity index (χ0n) is 11.3. The molecule has 2 amide bonds.